The quantitative estimate of drug-likeness (QED) is 0.200. The minimum atomic E-state index is -4.45. The van der Waals surface area contributed by atoms with E-state index < -0.39 is 12.5 Å². The SMILES string of the molecule is CCCCCCC[C@H]1CC[C@H](C2CCC(CCc3ccc(OC(F)(F)C(F)F)cc3)CC2)CC1. The van der Waals surface area contributed by atoms with Gasteiger partial charge in [0, 0.05) is 0 Å². The van der Waals surface area contributed by atoms with Crippen LogP contribution in [0.3, 0.4) is 0 Å². The standard InChI is InChI=1S/C29H44F4O/c1-2-3-4-5-6-7-22-10-16-25(17-11-22)26-18-12-23(13-19-26)8-9-24-14-20-27(21-15-24)34-29(32,33)28(30)31/h14-15,20-23,25-26,28H,2-13,16-19H2,1H3/t22-,23?,25-,26?. The summed E-state index contributed by atoms with van der Waals surface area (Å²) in [6, 6.07) is 6.16. The highest BCUT2D eigenvalue weighted by atomic mass is 19.3. The molecule has 0 N–H and O–H groups in total. The van der Waals surface area contributed by atoms with Crippen LogP contribution in [-0.4, -0.2) is 12.5 Å². The molecule has 0 heterocycles. The molecular formula is C29H44F4O. The Bertz CT molecular complexity index is 674. The molecule has 0 atom stereocenters. The number of ether oxygens (including phenoxy) is 1. The molecule has 0 amide bonds. The third-order valence-electron chi connectivity index (χ3n) is 8.44. The molecule has 3 rings (SSSR count). The molecule has 2 fully saturated rings. The molecule has 0 radical (unpaired) electrons. The largest absolute Gasteiger partial charge is 0.461 e. The molecule has 0 unspecified atom stereocenters. The average molecular weight is 485 g/mol. The van der Waals surface area contributed by atoms with Crippen molar-refractivity contribution in [1.29, 1.82) is 0 Å². The van der Waals surface area contributed by atoms with Gasteiger partial charge in [-0.15, -0.1) is 0 Å². The van der Waals surface area contributed by atoms with Crippen LogP contribution in [0.2, 0.25) is 0 Å². The predicted octanol–water partition coefficient (Wildman–Crippen LogP) is 9.83. The van der Waals surface area contributed by atoms with Gasteiger partial charge in [-0.2, -0.15) is 17.6 Å². The Labute approximate surface area is 204 Å². The first-order chi connectivity index (χ1) is 16.4. The summed E-state index contributed by atoms with van der Waals surface area (Å²) in [5.74, 6) is 3.34. The lowest BCUT2D eigenvalue weighted by molar-refractivity contribution is -0.253. The van der Waals surface area contributed by atoms with Crippen LogP contribution in [0.15, 0.2) is 24.3 Å². The summed E-state index contributed by atoms with van der Waals surface area (Å²) in [6.07, 6.45) is 13.2. The van der Waals surface area contributed by atoms with Crippen LogP contribution in [0.25, 0.3) is 0 Å². The van der Waals surface area contributed by atoms with Crippen LogP contribution < -0.4 is 4.74 Å². The minimum absolute atomic E-state index is 0.222. The summed E-state index contributed by atoms with van der Waals surface area (Å²) < 4.78 is 54.7. The molecule has 1 nitrogen and oxygen atoms in total. The number of rotatable bonds is 13. The van der Waals surface area contributed by atoms with Crippen LogP contribution in [0.4, 0.5) is 17.6 Å². The molecule has 2 saturated carbocycles. The van der Waals surface area contributed by atoms with E-state index in [1.165, 1.54) is 102 Å². The first-order valence-corrected chi connectivity index (χ1v) is 13.8. The highest BCUT2D eigenvalue weighted by molar-refractivity contribution is 5.27. The van der Waals surface area contributed by atoms with Crippen molar-refractivity contribution in [1.82, 2.24) is 0 Å². The third-order valence-corrected chi connectivity index (χ3v) is 8.44. The molecule has 194 valence electrons. The summed E-state index contributed by atoms with van der Waals surface area (Å²) in [4.78, 5) is 0. The van der Waals surface area contributed by atoms with Crippen molar-refractivity contribution < 1.29 is 22.3 Å². The fraction of sp³-hybridized carbons (Fsp3) is 0.793. The summed E-state index contributed by atoms with van der Waals surface area (Å²) in [6.45, 7) is 2.28. The molecule has 0 aliphatic heterocycles. The number of aryl methyl sites for hydroxylation is 1. The topological polar surface area (TPSA) is 9.23 Å². The number of hydrogen-bond donors (Lipinski definition) is 0. The molecule has 1 aromatic rings. The average Bonchev–Trinajstić information content (AvgIpc) is 2.84. The monoisotopic (exact) mass is 484 g/mol. The molecule has 0 saturated heterocycles. The third kappa shape index (κ3) is 8.75. The smallest absolute Gasteiger partial charge is 0.428 e. The van der Waals surface area contributed by atoms with Crippen LogP contribution >= 0.6 is 0 Å². The van der Waals surface area contributed by atoms with Crippen molar-refractivity contribution in [2.24, 2.45) is 23.7 Å². The molecule has 0 bridgehead atoms. The first kappa shape index (κ1) is 27.3. The number of benzene rings is 1. The molecule has 1 aromatic carbocycles. The Morgan fingerprint density at radius 3 is 1.82 bits per heavy atom. The molecule has 5 heteroatoms. The van der Waals surface area contributed by atoms with Gasteiger partial charge in [0.2, 0.25) is 0 Å². The van der Waals surface area contributed by atoms with E-state index in [2.05, 4.69) is 11.7 Å². The van der Waals surface area contributed by atoms with E-state index in [0.29, 0.717) is 0 Å². The van der Waals surface area contributed by atoms with Crippen molar-refractivity contribution in [3.05, 3.63) is 29.8 Å². The van der Waals surface area contributed by atoms with E-state index in [1.54, 1.807) is 12.1 Å². The lowest BCUT2D eigenvalue weighted by atomic mass is 9.68. The summed E-state index contributed by atoms with van der Waals surface area (Å²) in [5.41, 5.74) is 1.04. The van der Waals surface area contributed by atoms with Crippen LogP contribution in [0.1, 0.15) is 109 Å². The van der Waals surface area contributed by atoms with Gasteiger partial charge < -0.3 is 4.74 Å². The summed E-state index contributed by atoms with van der Waals surface area (Å²) >= 11 is 0. The van der Waals surface area contributed by atoms with Gasteiger partial charge in [-0.3, -0.25) is 0 Å². The fourth-order valence-corrected chi connectivity index (χ4v) is 6.23. The van der Waals surface area contributed by atoms with Crippen LogP contribution in [0, 0.1) is 23.7 Å². The number of halogens is 4. The second-order valence-corrected chi connectivity index (χ2v) is 10.9. The molecule has 34 heavy (non-hydrogen) atoms. The maximum atomic E-state index is 13.0. The van der Waals surface area contributed by atoms with Gasteiger partial charge in [-0.1, -0.05) is 83.3 Å². The van der Waals surface area contributed by atoms with E-state index >= 15 is 0 Å². The van der Waals surface area contributed by atoms with E-state index in [-0.39, 0.29) is 5.75 Å². The van der Waals surface area contributed by atoms with E-state index in [1.807, 2.05) is 0 Å². The maximum Gasteiger partial charge on any atom is 0.461 e. The zero-order valence-electron chi connectivity index (χ0n) is 20.9. The highest BCUT2D eigenvalue weighted by Crippen LogP contribution is 2.43. The van der Waals surface area contributed by atoms with Gasteiger partial charge in [-0.05, 0) is 79.9 Å². The van der Waals surface area contributed by atoms with Crippen molar-refractivity contribution in [2.45, 2.75) is 122 Å². The van der Waals surface area contributed by atoms with Crippen molar-refractivity contribution in [2.75, 3.05) is 0 Å². The van der Waals surface area contributed by atoms with Gasteiger partial charge in [0.15, 0.2) is 0 Å². The van der Waals surface area contributed by atoms with Gasteiger partial charge >= 0.3 is 12.5 Å². The van der Waals surface area contributed by atoms with Crippen molar-refractivity contribution in [3.63, 3.8) is 0 Å². The van der Waals surface area contributed by atoms with Crippen LogP contribution in [0.5, 0.6) is 5.75 Å². The van der Waals surface area contributed by atoms with E-state index in [0.717, 1.165) is 42.1 Å². The molecule has 2 aliphatic rings. The van der Waals surface area contributed by atoms with Crippen LogP contribution in [-0.2, 0) is 6.42 Å². The Hall–Kier alpha value is -1.26. The molecule has 0 spiro atoms. The lowest BCUT2D eigenvalue weighted by Crippen LogP contribution is -2.33. The lowest BCUT2D eigenvalue weighted by Gasteiger charge is -2.38. The molecule has 0 aromatic heterocycles. The Balaban J connectivity index is 1.30. The van der Waals surface area contributed by atoms with Crippen molar-refractivity contribution >= 4 is 0 Å². The Morgan fingerprint density at radius 1 is 0.765 bits per heavy atom. The second kappa shape index (κ2) is 13.7. The van der Waals surface area contributed by atoms with Gasteiger partial charge in [-0.25, -0.2) is 0 Å². The van der Waals surface area contributed by atoms with E-state index in [9.17, 15) is 17.6 Å². The highest BCUT2D eigenvalue weighted by Gasteiger charge is 2.43. The molecule has 2 aliphatic carbocycles. The second-order valence-electron chi connectivity index (χ2n) is 10.9. The Kier molecular flexibility index (Phi) is 11.0. The Morgan fingerprint density at radius 2 is 1.29 bits per heavy atom. The maximum absolute atomic E-state index is 13.0. The predicted molar refractivity (Wildman–Crippen MR) is 131 cm³/mol. The number of alkyl halides is 4. The van der Waals surface area contributed by atoms with Gasteiger partial charge in [0.05, 0.1) is 0 Å². The number of hydrogen-bond acceptors (Lipinski definition) is 1. The zero-order chi connectivity index (χ0) is 24.4. The first-order valence-electron chi connectivity index (χ1n) is 13.8. The summed E-state index contributed by atoms with van der Waals surface area (Å²) in [7, 11) is 0. The zero-order valence-corrected chi connectivity index (χ0v) is 20.9. The van der Waals surface area contributed by atoms with Gasteiger partial charge in [0.25, 0.3) is 0 Å². The number of unbranched alkanes of at least 4 members (excludes halogenated alkanes) is 4. The van der Waals surface area contributed by atoms with Crippen molar-refractivity contribution in [3.8, 4) is 5.75 Å². The minimum Gasteiger partial charge on any atom is -0.428 e. The molecular weight excluding hydrogens is 440 g/mol. The normalized spacial score (nSPS) is 26.1. The summed E-state index contributed by atoms with van der Waals surface area (Å²) in [5, 5.41) is 0. The fourth-order valence-electron chi connectivity index (χ4n) is 6.23. The van der Waals surface area contributed by atoms with E-state index in [4.69, 9.17) is 0 Å². The van der Waals surface area contributed by atoms with Gasteiger partial charge in [0.1, 0.15) is 5.75 Å².